The van der Waals surface area contributed by atoms with Crippen LogP contribution in [0.15, 0.2) is 53.7 Å². The molecule has 3 aromatic rings. The van der Waals surface area contributed by atoms with E-state index in [1.165, 1.54) is 23.8 Å². The third-order valence-corrected chi connectivity index (χ3v) is 6.22. The van der Waals surface area contributed by atoms with E-state index in [2.05, 4.69) is 27.8 Å². The maximum atomic E-state index is 12.5. The van der Waals surface area contributed by atoms with Crippen LogP contribution < -0.4 is 15.4 Å². The predicted octanol–water partition coefficient (Wildman–Crippen LogP) is 3.58. The van der Waals surface area contributed by atoms with Crippen molar-refractivity contribution in [1.29, 1.82) is 0 Å². The minimum absolute atomic E-state index is 0.0156. The maximum absolute atomic E-state index is 12.5. The lowest BCUT2D eigenvalue weighted by atomic mass is 10.2. The zero-order chi connectivity index (χ0) is 26.1. The van der Waals surface area contributed by atoms with Gasteiger partial charge in [-0.15, -0.1) is 10.2 Å². The number of para-hydroxylation sites is 2. The first-order valence-corrected chi connectivity index (χ1v) is 12.4. The van der Waals surface area contributed by atoms with Gasteiger partial charge in [-0.2, -0.15) is 0 Å². The summed E-state index contributed by atoms with van der Waals surface area (Å²) in [5, 5.41) is 25.2. The fourth-order valence-electron chi connectivity index (χ4n) is 3.30. The van der Waals surface area contributed by atoms with Gasteiger partial charge in [0.1, 0.15) is 11.4 Å². The molecule has 0 bridgehead atoms. The second kappa shape index (κ2) is 12.7. The van der Waals surface area contributed by atoms with Crippen molar-refractivity contribution in [2.24, 2.45) is 0 Å². The standard InChI is InChI=1S/C24H28N6O5S/c1-4-17-10-12-18(13-11-17)35-16(3)23(32)25-14-21-27-28-24(29(21)5-2)36-15-22(31)26-19-8-6-7-9-20(19)30(33)34/h6-13,16H,4-5,14-15H2,1-3H3,(H,25,32)(H,26,31)/t16-/m1/s1. The van der Waals surface area contributed by atoms with E-state index in [1.807, 2.05) is 31.2 Å². The number of nitro groups is 1. The molecule has 190 valence electrons. The smallest absolute Gasteiger partial charge is 0.292 e. The van der Waals surface area contributed by atoms with Crippen LogP contribution in [-0.4, -0.2) is 43.4 Å². The number of rotatable bonds is 12. The van der Waals surface area contributed by atoms with Crippen molar-refractivity contribution in [2.45, 2.75) is 51.5 Å². The number of anilines is 1. The minimum atomic E-state index is -0.699. The van der Waals surface area contributed by atoms with Gasteiger partial charge in [0.05, 0.1) is 17.2 Å². The number of nitrogens with one attached hydrogen (secondary N) is 2. The van der Waals surface area contributed by atoms with Crippen LogP contribution in [0, 0.1) is 10.1 Å². The highest BCUT2D eigenvalue weighted by atomic mass is 32.2. The Kier molecular flexibility index (Phi) is 9.39. The van der Waals surface area contributed by atoms with Crippen LogP contribution in [-0.2, 0) is 29.1 Å². The number of thioether (sulfide) groups is 1. The first-order chi connectivity index (χ1) is 17.3. The predicted molar refractivity (Wildman–Crippen MR) is 136 cm³/mol. The molecule has 2 N–H and O–H groups in total. The molecule has 36 heavy (non-hydrogen) atoms. The SMILES string of the molecule is CCc1ccc(O[C@H](C)C(=O)NCc2nnc(SCC(=O)Nc3ccccc3[N+](=O)[O-])n2CC)cc1. The van der Waals surface area contributed by atoms with E-state index in [0.717, 1.165) is 18.2 Å². The molecular weight excluding hydrogens is 484 g/mol. The van der Waals surface area contributed by atoms with Gasteiger partial charge >= 0.3 is 0 Å². The van der Waals surface area contributed by atoms with Crippen LogP contribution in [0.5, 0.6) is 5.75 Å². The average molecular weight is 513 g/mol. The van der Waals surface area contributed by atoms with E-state index in [4.69, 9.17) is 4.74 Å². The van der Waals surface area contributed by atoms with Gasteiger partial charge in [0, 0.05) is 12.6 Å². The number of amides is 2. The Morgan fingerprint density at radius 3 is 2.53 bits per heavy atom. The minimum Gasteiger partial charge on any atom is -0.481 e. The van der Waals surface area contributed by atoms with E-state index in [-0.39, 0.29) is 29.6 Å². The van der Waals surface area contributed by atoms with Crippen LogP contribution in [0.25, 0.3) is 0 Å². The number of hydrogen-bond acceptors (Lipinski definition) is 8. The molecule has 2 aromatic carbocycles. The molecule has 0 saturated carbocycles. The molecule has 1 atom stereocenters. The van der Waals surface area contributed by atoms with Gasteiger partial charge in [-0.05, 0) is 44.0 Å². The van der Waals surface area contributed by atoms with Gasteiger partial charge < -0.3 is 19.9 Å². The molecule has 1 heterocycles. The first-order valence-electron chi connectivity index (χ1n) is 11.4. The molecule has 0 saturated heterocycles. The van der Waals surface area contributed by atoms with E-state index < -0.39 is 16.9 Å². The van der Waals surface area contributed by atoms with Crippen molar-refractivity contribution < 1.29 is 19.2 Å². The van der Waals surface area contributed by atoms with Crippen LogP contribution in [0.3, 0.4) is 0 Å². The van der Waals surface area contributed by atoms with Gasteiger partial charge in [0.15, 0.2) is 17.1 Å². The van der Waals surface area contributed by atoms with Crippen LogP contribution in [0.1, 0.15) is 32.2 Å². The van der Waals surface area contributed by atoms with E-state index in [9.17, 15) is 19.7 Å². The summed E-state index contributed by atoms with van der Waals surface area (Å²) >= 11 is 1.15. The number of hydrogen-bond donors (Lipinski definition) is 2. The lowest BCUT2D eigenvalue weighted by Crippen LogP contribution is -2.36. The van der Waals surface area contributed by atoms with Crippen LogP contribution in [0.4, 0.5) is 11.4 Å². The Bertz CT molecular complexity index is 1210. The molecule has 0 spiro atoms. The quantitative estimate of drug-likeness (QED) is 0.213. The topological polar surface area (TPSA) is 141 Å². The zero-order valence-corrected chi connectivity index (χ0v) is 21.1. The molecule has 1 aromatic heterocycles. The maximum Gasteiger partial charge on any atom is 0.292 e. The number of aromatic nitrogens is 3. The summed E-state index contributed by atoms with van der Waals surface area (Å²) in [7, 11) is 0. The monoisotopic (exact) mass is 512 g/mol. The Balaban J connectivity index is 1.53. The van der Waals surface area contributed by atoms with Crippen molar-refractivity contribution >= 4 is 35.0 Å². The van der Waals surface area contributed by atoms with Gasteiger partial charge in [-0.1, -0.05) is 43.0 Å². The number of carbonyl (C=O) groups is 2. The summed E-state index contributed by atoms with van der Waals surface area (Å²) in [6.45, 7) is 6.31. The summed E-state index contributed by atoms with van der Waals surface area (Å²) in [6.07, 6.45) is 0.227. The Hall–Kier alpha value is -3.93. The van der Waals surface area contributed by atoms with Crippen molar-refractivity contribution in [3.8, 4) is 5.75 Å². The normalized spacial score (nSPS) is 11.5. The molecule has 0 aliphatic carbocycles. The Morgan fingerprint density at radius 2 is 1.86 bits per heavy atom. The molecule has 11 nitrogen and oxygen atoms in total. The molecule has 12 heteroatoms. The fourth-order valence-corrected chi connectivity index (χ4v) is 4.12. The molecule has 0 aliphatic rings. The number of nitro benzene ring substituents is 1. The van der Waals surface area contributed by atoms with Gasteiger partial charge in [-0.25, -0.2) is 0 Å². The number of aryl methyl sites for hydroxylation is 1. The third-order valence-electron chi connectivity index (χ3n) is 5.25. The Morgan fingerprint density at radius 1 is 1.14 bits per heavy atom. The number of ether oxygens (including phenoxy) is 1. The van der Waals surface area contributed by atoms with E-state index in [1.54, 1.807) is 17.6 Å². The molecule has 0 aliphatic heterocycles. The highest BCUT2D eigenvalue weighted by Gasteiger charge is 2.19. The van der Waals surface area contributed by atoms with E-state index >= 15 is 0 Å². The fraction of sp³-hybridized carbons (Fsp3) is 0.333. The number of benzene rings is 2. The highest BCUT2D eigenvalue weighted by Crippen LogP contribution is 2.24. The number of nitrogens with zero attached hydrogens (tertiary/aromatic N) is 4. The molecule has 0 radical (unpaired) electrons. The van der Waals surface area contributed by atoms with Gasteiger partial charge in [-0.3, -0.25) is 19.7 Å². The largest absolute Gasteiger partial charge is 0.481 e. The lowest BCUT2D eigenvalue weighted by Gasteiger charge is -2.15. The van der Waals surface area contributed by atoms with Crippen molar-refractivity contribution in [3.63, 3.8) is 0 Å². The summed E-state index contributed by atoms with van der Waals surface area (Å²) in [5.74, 6) is 0.431. The molecule has 0 fully saturated rings. The third kappa shape index (κ3) is 7.04. The average Bonchev–Trinajstić information content (AvgIpc) is 3.28. The second-order valence-electron chi connectivity index (χ2n) is 7.73. The first kappa shape index (κ1) is 26.7. The molecular formula is C24H28N6O5S. The van der Waals surface area contributed by atoms with Crippen molar-refractivity contribution in [3.05, 3.63) is 70.0 Å². The summed E-state index contributed by atoms with van der Waals surface area (Å²) in [6, 6.07) is 13.5. The molecule has 3 rings (SSSR count). The second-order valence-corrected chi connectivity index (χ2v) is 8.67. The summed E-state index contributed by atoms with van der Waals surface area (Å²) in [5.41, 5.74) is 1.14. The summed E-state index contributed by atoms with van der Waals surface area (Å²) in [4.78, 5) is 35.4. The molecule has 0 unspecified atom stereocenters. The number of carbonyl (C=O) groups excluding carboxylic acids is 2. The highest BCUT2D eigenvalue weighted by molar-refractivity contribution is 7.99. The Labute approximate surface area is 212 Å². The lowest BCUT2D eigenvalue weighted by molar-refractivity contribution is -0.383. The van der Waals surface area contributed by atoms with Gasteiger partial charge in [0.25, 0.3) is 11.6 Å². The van der Waals surface area contributed by atoms with Crippen LogP contribution >= 0.6 is 11.8 Å². The van der Waals surface area contributed by atoms with Crippen LogP contribution in [0.2, 0.25) is 0 Å². The van der Waals surface area contributed by atoms with Crippen molar-refractivity contribution in [1.82, 2.24) is 20.1 Å². The summed E-state index contributed by atoms with van der Waals surface area (Å²) < 4.78 is 7.51. The van der Waals surface area contributed by atoms with Gasteiger partial charge in [0.2, 0.25) is 5.91 Å². The molecule has 2 amide bonds. The van der Waals surface area contributed by atoms with Crippen molar-refractivity contribution in [2.75, 3.05) is 11.1 Å². The van der Waals surface area contributed by atoms with E-state index in [0.29, 0.717) is 23.3 Å². The zero-order valence-electron chi connectivity index (χ0n) is 20.3.